The average molecular weight is 411 g/mol. The van der Waals surface area contributed by atoms with Crippen molar-refractivity contribution < 1.29 is 9.59 Å². The van der Waals surface area contributed by atoms with Crippen molar-refractivity contribution in [2.24, 2.45) is 11.3 Å². The lowest BCUT2D eigenvalue weighted by Crippen LogP contribution is -2.52. The van der Waals surface area contributed by atoms with E-state index in [0.29, 0.717) is 38.9 Å². The number of benzene rings is 1. The number of carbonyl (C=O) groups excluding carboxylic acids is 2. The van der Waals surface area contributed by atoms with Crippen molar-refractivity contribution in [2.75, 3.05) is 19.6 Å². The fraction of sp³-hybridized carbons (Fsp3) is 0.417. The van der Waals surface area contributed by atoms with Gasteiger partial charge < -0.3 is 10.2 Å². The molecule has 1 saturated heterocycles. The van der Waals surface area contributed by atoms with Gasteiger partial charge in [0.25, 0.3) is 0 Å². The summed E-state index contributed by atoms with van der Waals surface area (Å²) in [6.45, 7) is 9.29. The molecular weight excluding hydrogens is 380 g/mol. The Kier molecular flexibility index (Phi) is 6.91. The summed E-state index contributed by atoms with van der Waals surface area (Å²) in [6, 6.07) is 12.7. The zero-order valence-corrected chi connectivity index (χ0v) is 18.1. The quantitative estimate of drug-likeness (QED) is 0.682. The van der Waals surface area contributed by atoms with Gasteiger partial charge in [0.1, 0.15) is 0 Å². The number of amides is 2. The van der Waals surface area contributed by atoms with Crippen LogP contribution < -0.4 is 5.32 Å². The Labute approximate surface area is 177 Å². The molecule has 3 rings (SSSR count). The van der Waals surface area contributed by atoms with E-state index in [1.807, 2.05) is 18.7 Å². The molecule has 1 aliphatic heterocycles. The summed E-state index contributed by atoms with van der Waals surface area (Å²) in [5, 5.41) is 5.08. The molecule has 0 atom stereocenters. The van der Waals surface area contributed by atoms with E-state index in [0.717, 1.165) is 5.56 Å². The Morgan fingerprint density at radius 2 is 1.90 bits per heavy atom. The van der Waals surface area contributed by atoms with Crippen LogP contribution in [0.1, 0.15) is 32.3 Å². The molecule has 2 aromatic rings. The van der Waals surface area contributed by atoms with E-state index in [1.54, 1.807) is 17.4 Å². The average Bonchev–Trinajstić information content (AvgIpc) is 3.27. The van der Waals surface area contributed by atoms with Crippen LogP contribution in [-0.2, 0) is 16.0 Å². The third kappa shape index (κ3) is 4.96. The zero-order chi connectivity index (χ0) is 20.9. The molecule has 5 heteroatoms. The monoisotopic (exact) mass is 410 g/mol. The van der Waals surface area contributed by atoms with Gasteiger partial charge in [0.05, 0.1) is 5.41 Å². The van der Waals surface area contributed by atoms with Crippen LogP contribution in [0, 0.1) is 11.3 Å². The number of nitrogens with one attached hydrogen (secondary N) is 1. The van der Waals surface area contributed by atoms with Crippen LogP contribution in [0.25, 0.3) is 10.4 Å². The molecule has 1 N–H and O–H groups in total. The van der Waals surface area contributed by atoms with Crippen LogP contribution in [0.4, 0.5) is 0 Å². The molecule has 0 saturated carbocycles. The van der Waals surface area contributed by atoms with Crippen LogP contribution in [0.3, 0.4) is 0 Å². The van der Waals surface area contributed by atoms with Crippen molar-refractivity contribution >= 4 is 23.2 Å². The molecule has 1 aromatic heterocycles. The van der Waals surface area contributed by atoms with Crippen molar-refractivity contribution in [3.8, 4) is 10.4 Å². The van der Waals surface area contributed by atoms with Gasteiger partial charge in [-0.15, -0.1) is 17.9 Å². The minimum Gasteiger partial charge on any atom is -0.352 e. The van der Waals surface area contributed by atoms with Crippen LogP contribution in [0.15, 0.2) is 54.4 Å². The van der Waals surface area contributed by atoms with Gasteiger partial charge in [-0.3, -0.25) is 9.59 Å². The molecule has 1 aliphatic rings. The first-order valence-electron chi connectivity index (χ1n) is 10.3. The highest BCUT2D eigenvalue weighted by Crippen LogP contribution is 2.36. The maximum Gasteiger partial charge on any atom is 0.226 e. The minimum atomic E-state index is -0.485. The van der Waals surface area contributed by atoms with Crippen LogP contribution in [0.5, 0.6) is 0 Å². The molecule has 0 radical (unpaired) electrons. The first-order chi connectivity index (χ1) is 13.9. The summed E-state index contributed by atoms with van der Waals surface area (Å²) in [5.74, 6) is 0.226. The third-order valence-corrected chi connectivity index (χ3v) is 6.64. The predicted octanol–water partition coefficient (Wildman–Crippen LogP) is 4.52. The molecular formula is C24H30N2O2S. The molecule has 1 fully saturated rings. The molecule has 0 bridgehead atoms. The minimum absolute atomic E-state index is 0.0121. The van der Waals surface area contributed by atoms with Crippen molar-refractivity contribution in [3.05, 3.63) is 60.0 Å². The van der Waals surface area contributed by atoms with Gasteiger partial charge in [-0.1, -0.05) is 50.3 Å². The standard InChI is InChI=1S/C24H30N2O2S/c1-4-13-25-23(28)24(11-14-26(15-12-24)22(27)18(2)3)17-19-7-9-20(10-8-19)21-6-5-16-29-21/h4-10,16,18H,1,11-15,17H2,2-3H3,(H,25,28). The SMILES string of the molecule is C=CCNC(=O)C1(Cc2ccc(-c3cccs3)cc2)CCN(C(=O)C(C)C)CC1. The summed E-state index contributed by atoms with van der Waals surface area (Å²) in [7, 11) is 0. The molecule has 154 valence electrons. The lowest BCUT2D eigenvalue weighted by atomic mass is 9.72. The molecule has 29 heavy (non-hydrogen) atoms. The summed E-state index contributed by atoms with van der Waals surface area (Å²) >= 11 is 1.72. The van der Waals surface area contributed by atoms with Crippen LogP contribution >= 0.6 is 11.3 Å². The van der Waals surface area contributed by atoms with Crippen molar-refractivity contribution in [2.45, 2.75) is 33.1 Å². The molecule has 4 nitrogen and oxygen atoms in total. The van der Waals surface area contributed by atoms with E-state index in [-0.39, 0.29) is 17.7 Å². The number of rotatable bonds is 7. The van der Waals surface area contributed by atoms with E-state index < -0.39 is 5.41 Å². The van der Waals surface area contributed by atoms with Gasteiger partial charge in [-0.05, 0) is 41.8 Å². The maximum absolute atomic E-state index is 13.1. The summed E-state index contributed by atoms with van der Waals surface area (Å²) in [6.07, 6.45) is 3.76. The van der Waals surface area contributed by atoms with Gasteiger partial charge in [0, 0.05) is 30.4 Å². The fourth-order valence-corrected chi connectivity index (χ4v) is 4.71. The number of hydrogen-bond donors (Lipinski definition) is 1. The molecule has 1 aromatic carbocycles. The highest BCUT2D eigenvalue weighted by Gasteiger charge is 2.42. The first kappa shape index (κ1) is 21.3. The zero-order valence-electron chi connectivity index (χ0n) is 17.3. The number of nitrogens with zero attached hydrogens (tertiary/aromatic N) is 1. The fourth-order valence-electron chi connectivity index (χ4n) is 3.98. The topological polar surface area (TPSA) is 49.4 Å². The number of thiophene rings is 1. The van der Waals surface area contributed by atoms with E-state index in [2.05, 4.69) is 53.7 Å². The van der Waals surface area contributed by atoms with Crippen LogP contribution in [0.2, 0.25) is 0 Å². The van der Waals surface area contributed by atoms with Crippen molar-refractivity contribution in [1.82, 2.24) is 10.2 Å². The summed E-state index contributed by atoms with van der Waals surface area (Å²) in [4.78, 5) is 28.6. The van der Waals surface area contributed by atoms with Gasteiger partial charge in [0.2, 0.25) is 11.8 Å². The highest BCUT2D eigenvalue weighted by atomic mass is 32.1. The molecule has 0 aliphatic carbocycles. The Bertz CT molecular complexity index is 832. The van der Waals surface area contributed by atoms with E-state index in [1.165, 1.54) is 10.4 Å². The predicted molar refractivity (Wildman–Crippen MR) is 120 cm³/mol. The van der Waals surface area contributed by atoms with Crippen molar-refractivity contribution in [1.29, 1.82) is 0 Å². The maximum atomic E-state index is 13.1. The molecule has 0 spiro atoms. The molecule has 2 amide bonds. The van der Waals surface area contributed by atoms with Gasteiger partial charge in [0.15, 0.2) is 0 Å². The van der Waals surface area contributed by atoms with E-state index in [4.69, 9.17) is 0 Å². The smallest absolute Gasteiger partial charge is 0.226 e. The third-order valence-electron chi connectivity index (χ3n) is 5.72. The lowest BCUT2D eigenvalue weighted by Gasteiger charge is -2.41. The second-order valence-electron chi connectivity index (χ2n) is 8.11. The number of piperidine rings is 1. The Morgan fingerprint density at radius 3 is 2.45 bits per heavy atom. The highest BCUT2D eigenvalue weighted by molar-refractivity contribution is 7.13. The lowest BCUT2D eigenvalue weighted by molar-refractivity contribution is -0.142. The summed E-state index contributed by atoms with van der Waals surface area (Å²) < 4.78 is 0. The number of likely N-dealkylation sites (tertiary alicyclic amines) is 1. The number of hydrogen-bond acceptors (Lipinski definition) is 3. The van der Waals surface area contributed by atoms with E-state index >= 15 is 0 Å². The second kappa shape index (κ2) is 9.40. The Hall–Kier alpha value is -2.40. The van der Waals surface area contributed by atoms with Gasteiger partial charge >= 0.3 is 0 Å². The summed E-state index contributed by atoms with van der Waals surface area (Å²) in [5.41, 5.74) is 1.87. The largest absolute Gasteiger partial charge is 0.352 e. The second-order valence-corrected chi connectivity index (χ2v) is 9.06. The first-order valence-corrected chi connectivity index (χ1v) is 11.1. The van der Waals surface area contributed by atoms with Gasteiger partial charge in [-0.2, -0.15) is 0 Å². The Balaban J connectivity index is 1.76. The van der Waals surface area contributed by atoms with E-state index in [9.17, 15) is 9.59 Å². The molecule has 0 unspecified atom stereocenters. The molecule has 2 heterocycles. The normalized spacial score (nSPS) is 15.9. The Morgan fingerprint density at radius 1 is 1.21 bits per heavy atom. The van der Waals surface area contributed by atoms with Crippen LogP contribution in [-0.4, -0.2) is 36.3 Å². The van der Waals surface area contributed by atoms with Gasteiger partial charge in [-0.25, -0.2) is 0 Å². The van der Waals surface area contributed by atoms with Crippen molar-refractivity contribution in [3.63, 3.8) is 0 Å². The number of carbonyl (C=O) groups is 2.